The van der Waals surface area contributed by atoms with Crippen LogP contribution in [0.4, 0.5) is 0 Å². The minimum atomic E-state index is -1.39. The van der Waals surface area contributed by atoms with Crippen molar-refractivity contribution in [1.29, 1.82) is 5.26 Å². The summed E-state index contributed by atoms with van der Waals surface area (Å²) >= 11 is 0. The topological polar surface area (TPSA) is 141 Å². The van der Waals surface area contributed by atoms with Crippen LogP contribution in [0, 0.1) is 11.3 Å². The molecule has 0 saturated carbocycles. The van der Waals surface area contributed by atoms with Crippen LogP contribution in [0.2, 0.25) is 0 Å². The molecule has 2 aromatic heterocycles. The minimum Gasteiger partial charge on any atom is -0.477 e. The molecule has 2 heterocycles. The van der Waals surface area contributed by atoms with Gasteiger partial charge in [0.15, 0.2) is 5.43 Å². The van der Waals surface area contributed by atoms with E-state index in [4.69, 9.17) is 9.52 Å². The predicted octanol–water partition coefficient (Wildman–Crippen LogP) is 2.56. The Kier molecular flexibility index (Phi) is 4.14. The van der Waals surface area contributed by atoms with E-state index in [9.17, 15) is 24.8 Å². The Bertz CT molecular complexity index is 1190. The summed E-state index contributed by atoms with van der Waals surface area (Å²) in [6.45, 7) is 1.86. The number of carboxylic acid groups (broad SMARTS) is 2. The van der Waals surface area contributed by atoms with Crippen molar-refractivity contribution in [2.45, 2.75) is 19.8 Å². The molecular formula is C18H12N2O6. The molecule has 0 spiro atoms. The quantitative estimate of drug-likeness (QED) is 0.682. The van der Waals surface area contributed by atoms with Crippen LogP contribution in [0.1, 0.15) is 45.5 Å². The molecule has 0 saturated heterocycles. The molecule has 0 bridgehead atoms. The highest BCUT2D eigenvalue weighted by Gasteiger charge is 2.20. The Balaban J connectivity index is 2.59. The number of hydrogen-bond acceptors (Lipinski definition) is 6. The normalized spacial score (nSPS) is 10.8. The van der Waals surface area contributed by atoms with Gasteiger partial charge in [-0.1, -0.05) is 13.3 Å². The fraction of sp³-hybridized carbons (Fsp3) is 0.167. The van der Waals surface area contributed by atoms with E-state index >= 15 is 0 Å². The van der Waals surface area contributed by atoms with Crippen molar-refractivity contribution in [3.05, 3.63) is 51.0 Å². The molecule has 0 radical (unpaired) electrons. The van der Waals surface area contributed by atoms with Gasteiger partial charge in [0.05, 0.1) is 22.5 Å². The molecule has 26 heavy (non-hydrogen) atoms. The zero-order valence-electron chi connectivity index (χ0n) is 13.6. The van der Waals surface area contributed by atoms with Gasteiger partial charge in [-0.15, -0.1) is 0 Å². The number of benzene rings is 1. The number of hydrogen-bond donors (Lipinski definition) is 2. The van der Waals surface area contributed by atoms with Gasteiger partial charge in [0.2, 0.25) is 5.76 Å². The van der Waals surface area contributed by atoms with E-state index in [1.807, 2.05) is 13.0 Å². The lowest BCUT2D eigenvalue weighted by Gasteiger charge is -2.11. The number of nitrogens with zero attached hydrogens (tertiary/aromatic N) is 2. The van der Waals surface area contributed by atoms with E-state index in [1.54, 1.807) is 0 Å². The van der Waals surface area contributed by atoms with E-state index in [0.717, 1.165) is 12.1 Å². The molecular weight excluding hydrogens is 340 g/mol. The number of carbonyl (C=O) groups is 2. The SMILES string of the molecule is CCCc1c2nc(C(=O)O)cc(C#N)c2cc2c(=O)cc(C(=O)O)oc12. The van der Waals surface area contributed by atoms with Gasteiger partial charge >= 0.3 is 11.9 Å². The van der Waals surface area contributed by atoms with E-state index in [1.165, 1.54) is 6.07 Å². The van der Waals surface area contributed by atoms with Crippen LogP contribution in [0.5, 0.6) is 0 Å². The Hall–Kier alpha value is -3.73. The third-order valence-corrected chi connectivity index (χ3v) is 3.94. The molecule has 3 aromatic rings. The van der Waals surface area contributed by atoms with Crippen molar-refractivity contribution in [2.24, 2.45) is 0 Å². The van der Waals surface area contributed by atoms with Crippen LogP contribution in [-0.2, 0) is 6.42 Å². The summed E-state index contributed by atoms with van der Waals surface area (Å²) in [6.07, 6.45) is 0.969. The van der Waals surface area contributed by atoms with Crippen molar-refractivity contribution in [3.63, 3.8) is 0 Å². The van der Waals surface area contributed by atoms with Crippen molar-refractivity contribution in [2.75, 3.05) is 0 Å². The Morgan fingerprint density at radius 2 is 1.92 bits per heavy atom. The second-order valence-electron chi connectivity index (χ2n) is 5.63. The predicted molar refractivity (Wildman–Crippen MR) is 90.4 cm³/mol. The number of aromatic carboxylic acids is 2. The first-order valence-electron chi connectivity index (χ1n) is 7.68. The maximum Gasteiger partial charge on any atom is 0.371 e. The highest BCUT2D eigenvalue weighted by molar-refractivity contribution is 6.02. The average Bonchev–Trinajstić information content (AvgIpc) is 2.61. The van der Waals surface area contributed by atoms with Crippen LogP contribution in [0.15, 0.2) is 27.4 Å². The Morgan fingerprint density at radius 1 is 1.19 bits per heavy atom. The van der Waals surface area contributed by atoms with E-state index < -0.39 is 23.1 Å². The molecule has 0 amide bonds. The number of aromatic nitrogens is 1. The molecule has 0 unspecified atom stereocenters. The van der Waals surface area contributed by atoms with Gasteiger partial charge in [0.25, 0.3) is 0 Å². The third kappa shape index (κ3) is 2.65. The van der Waals surface area contributed by atoms with Crippen LogP contribution >= 0.6 is 0 Å². The lowest BCUT2D eigenvalue weighted by molar-refractivity contribution is 0.0660. The fourth-order valence-corrected chi connectivity index (χ4v) is 2.84. The summed E-state index contributed by atoms with van der Waals surface area (Å²) < 4.78 is 5.40. The molecule has 3 rings (SSSR count). The third-order valence-electron chi connectivity index (χ3n) is 3.94. The smallest absolute Gasteiger partial charge is 0.371 e. The Labute approximate surface area is 145 Å². The standard InChI is InChI=1S/C18H12N2O6/c1-2-3-9-15-10(8(7-19)4-12(20-15)17(22)23)5-11-13(21)6-14(18(24)25)26-16(9)11/h4-6H,2-3H2,1H3,(H,22,23)(H,24,25). The van der Waals surface area contributed by atoms with Gasteiger partial charge in [-0.05, 0) is 18.6 Å². The molecule has 0 aliphatic heterocycles. The molecule has 8 nitrogen and oxygen atoms in total. The van der Waals surface area contributed by atoms with Crippen LogP contribution in [0.25, 0.3) is 21.9 Å². The number of fused-ring (bicyclic) bond motifs is 2. The number of carboxylic acids is 2. The maximum atomic E-state index is 12.4. The van der Waals surface area contributed by atoms with Crippen molar-refractivity contribution in [3.8, 4) is 6.07 Å². The van der Waals surface area contributed by atoms with E-state index in [-0.39, 0.29) is 27.7 Å². The summed E-state index contributed by atoms with van der Waals surface area (Å²) in [6, 6.07) is 5.32. The second-order valence-corrected chi connectivity index (χ2v) is 5.63. The first kappa shape index (κ1) is 17.1. The molecule has 0 aliphatic carbocycles. The lowest BCUT2D eigenvalue weighted by Crippen LogP contribution is -2.09. The summed E-state index contributed by atoms with van der Waals surface area (Å²) in [5, 5.41) is 28.2. The molecule has 8 heteroatoms. The van der Waals surface area contributed by atoms with Crippen LogP contribution < -0.4 is 5.43 Å². The first-order valence-corrected chi connectivity index (χ1v) is 7.68. The fourth-order valence-electron chi connectivity index (χ4n) is 2.84. The van der Waals surface area contributed by atoms with Gasteiger partial charge in [-0.3, -0.25) is 4.79 Å². The van der Waals surface area contributed by atoms with Gasteiger partial charge in [-0.2, -0.15) is 5.26 Å². The van der Waals surface area contributed by atoms with Gasteiger partial charge < -0.3 is 14.6 Å². The van der Waals surface area contributed by atoms with Gasteiger partial charge in [-0.25, -0.2) is 14.6 Å². The number of aryl methyl sites for hydroxylation is 1. The molecule has 130 valence electrons. The first-order chi connectivity index (χ1) is 12.4. The van der Waals surface area contributed by atoms with Gasteiger partial charge in [0.1, 0.15) is 11.3 Å². The minimum absolute atomic E-state index is 0.0446. The van der Waals surface area contributed by atoms with Crippen molar-refractivity contribution < 1.29 is 24.2 Å². The highest BCUT2D eigenvalue weighted by Crippen LogP contribution is 2.30. The van der Waals surface area contributed by atoms with Crippen LogP contribution in [-0.4, -0.2) is 27.1 Å². The monoisotopic (exact) mass is 352 g/mol. The van der Waals surface area contributed by atoms with Crippen molar-refractivity contribution >= 4 is 33.8 Å². The number of pyridine rings is 1. The second kappa shape index (κ2) is 6.29. The summed E-state index contributed by atoms with van der Waals surface area (Å²) in [7, 11) is 0. The van der Waals surface area contributed by atoms with Crippen molar-refractivity contribution in [1.82, 2.24) is 4.98 Å². The van der Waals surface area contributed by atoms with E-state index in [2.05, 4.69) is 4.98 Å². The molecule has 0 aliphatic rings. The molecule has 0 fully saturated rings. The molecule has 0 atom stereocenters. The van der Waals surface area contributed by atoms with E-state index in [0.29, 0.717) is 23.8 Å². The summed E-state index contributed by atoms with van der Waals surface area (Å²) in [4.78, 5) is 39.0. The summed E-state index contributed by atoms with van der Waals surface area (Å²) in [5.74, 6) is -3.21. The number of rotatable bonds is 4. The Morgan fingerprint density at radius 3 is 2.50 bits per heavy atom. The van der Waals surface area contributed by atoms with Crippen LogP contribution in [0.3, 0.4) is 0 Å². The van der Waals surface area contributed by atoms with Gasteiger partial charge in [0, 0.05) is 17.0 Å². The highest BCUT2D eigenvalue weighted by atomic mass is 16.4. The largest absolute Gasteiger partial charge is 0.477 e. The molecule has 2 N–H and O–H groups in total. The summed E-state index contributed by atoms with van der Waals surface area (Å²) in [5.41, 5.74) is -0.158. The molecule has 1 aromatic carbocycles. The zero-order valence-corrected chi connectivity index (χ0v) is 13.6. The lowest BCUT2D eigenvalue weighted by atomic mass is 9.98. The maximum absolute atomic E-state index is 12.4. The average molecular weight is 352 g/mol. The zero-order chi connectivity index (χ0) is 19.0. The number of nitriles is 1.